The Morgan fingerprint density at radius 1 is 1.25 bits per heavy atom. The molecule has 1 nitrogen and oxygen atoms in total. The topological polar surface area (TPSA) is 9.23 Å². The van der Waals surface area contributed by atoms with Gasteiger partial charge in [0.2, 0.25) is 0 Å². The van der Waals surface area contributed by atoms with E-state index in [4.69, 9.17) is 4.74 Å². The van der Waals surface area contributed by atoms with Crippen molar-refractivity contribution in [3.63, 3.8) is 0 Å². The largest absolute Gasteiger partial charge is 0.490 e. The quantitative estimate of drug-likeness (QED) is 0.736. The van der Waals surface area contributed by atoms with Crippen LogP contribution < -0.4 is 4.74 Å². The molecule has 0 aliphatic heterocycles. The predicted molar refractivity (Wildman–Crippen MR) is 71.5 cm³/mol. The van der Waals surface area contributed by atoms with Gasteiger partial charge in [-0.15, -0.1) is 0 Å². The van der Waals surface area contributed by atoms with Gasteiger partial charge in [-0.25, -0.2) is 0 Å². The van der Waals surface area contributed by atoms with E-state index in [9.17, 15) is 0 Å². The molecule has 1 aliphatic rings. The summed E-state index contributed by atoms with van der Waals surface area (Å²) in [6.07, 6.45) is 2.65. The predicted octanol–water partition coefficient (Wildman–Crippen LogP) is 4.29. The fourth-order valence-corrected chi connectivity index (χ4v) is 2.66. The van der Waals surface area contributed by atoms with Gasteiger partial charge in [-0.05, 0) is 36.0 Å². The zero-order valence-corrected chi connectivity index (χ0v) is 11.8. The number of halogens is 1. The summed E-state index contributed by atoms with van der Waals surface area (Å²) in [4.78, 5) is 0.656. The van der Waals surface area contributed by atoms with Gasteiger partial charge in [0, 0.05) is 4.83 Å². The summed E-state index contributed by atoms with van der Waals surface area (Å²) in [7, 11) is 0. The first kappa shape index (κ1) is 12.0. The number of hydrogen-bond donors (Lipinski definition) is 0. The van der Waals surface area contributed by atoms with E-state index in [2.05, 4.69) is 61.0 Å². The molecule has 1 saturated carbocycles. The molecule has 0 amide bonds. The van der Waals surface area contributed by atoms with Crippen molar-refractivity contribution in [2.45, 2.75) is 50.0 Å². The Kier molecular flexibility index (Phi) is 3.29. The van der Waals surface area contributed by atoms with E-state index >= 15 is 0 Å². The summed E-state index contributed by atoms with van der Waals surface area (Å²) < 4.78 is 5.93. The first-order chi connectivity index (χ1) is 7.45. The van der Waals surface area contributed by atoms with Gasteiger partial charge in [0.1, 0.15) is 11.9 Å². The third-order valence-electron chi connectivity index (χ3n) is 3.04. The van der Waals surface area contributed by atoms with Crippen LogP contribution in [0.15, 0.2) is 24.3 Å². The molecule has 0 N–H and O–H groups in total. The molecule has 0 unspecified atom stereocenters. The molecule has 1 aromatic carbocycles. The maximum atomic E-state index is 5.93. The average molecular weight is 283 g/mol. The molecule has 1 fully saturated rings. The molecule has 0 radical (unpaired) electrons. The van der Waals surface area contributed by atoms with E-state index in [1.807, 2.05) is 0 Å². The summed E-state index contributed by atoms with van der Waals surface area (Å²) in [5, 5.41) is 0. The van der Waals surface area contributed by atoms with Gasteiger partial charge in [-0.2, -0.15) is 0 Å². The Balaban J connectivity index is 2.05. The van der Waals surface area contributed by atoms with E-state index < -0.39 is 0 Å². The highest BCUT2D eigenvalue weighted by Gasteiger charge is 2.28. The Morgan fingerprint density at radius 3 is 2.50 bits per heavy atom. The lowest BCUT2D eigenvalue weighted by Crippen LogP contribution is -2.34. The molecule has 16 heavy (non-hydrogen) atoms. The van der Waals surface area contributed by atoms with Crippen LogP contribution >= 0.6 is 15.9 Å². The lowest BCUT2D eigenvalue weighted by Gasteiger charge is -2.32. The average Bonchev–Trinajstić information content (AvgIpc) is 2.14. The fourth-order valence-electron chi connectivity index (χ4n) is 1.83. The second-order valence-electron chi connectivity index (χ2n) is 5.59. The molecule has 88 valence electrons. The van der Waals surface area contributed by atoms with Crippen molar-refractivity contribution in [1.29, 1.82) is 0 Å². The molecule has 0 spiro atoms. The molecule has 0 heterocycles. The molecule has 2 rings (SSSR count). The van der Waals surface area contributed by atoms with Crippen molar-refractivity contribution in [1.82, 2.24) is 0 Å². The van der Waals surface area contributed by atoms with Crippen molar-refractivity contribution in [2.75, 3.05) is 0 Å². The zero-order chi connectivity index (χ0) is 11.8. The van der Waals surface area contributed by atoms with Gasteiger partial charge in [0.15, 0.2) is 0 Å². The minimum atomic E-state index is 0.191. The molecule has 1 aromatic rings. The van der Waals surface area contributed by atoms with Crippen LogP contribution in [0, 0.1) is 0 Å². The number of alkyl halides is 1. The molecule has 0 saturated heterocycles. The minimum Gasteiger partial charge on any atom is -0.490 e. The Labute approximate surface area is 106 Å². The summed E-state index contributed by atoms with van der Waals surface area (Å²) in [6, 6.07) is 8.47. The molecule has 0 aromatic heterocycles. The van der Waals surface area contributed by atoms with Gasteiger partial charge < -0.3 is 4.74 Å². The van der Waals surface area contributed by atoms with Crippen LogP contribution in [0.25, 0.3) is 0 Å². The lowest BCUT2D eigenvalue weighted by molar-refractivity contribution is 0.128. The smallest absolute Gasteiger partial charge is 0.120 e. The highest BCUT2D eigenvalue weighted by molar-refractivity contribution is 9.09. The summed E-state index contributed by atoms with van der Waals surface area (Å²) >= 11 is 3.58. The van der Waals surface area contributed by atoms with Crippen molar-refractivity contribution >= 4 is 15.9 Å². The van der Waals surface area contributed by atoms with Gasteiger partial charge in [0.25, 0.3) is 0 Å². The number of hydrogen-bond acceptors (Lipinski definition) is 1. The molecule has 0 bridgehead atoms. The molecule has 2 heteroatoms. The van der Waals surface area contributed by atoms with E-state index in [0.29, 0.717) is 10.9 Å². The number of rotatable bonds is 2. The van der Waals surface area contributed by atoms with E-state index in [0.717, 1.165) is 18.6 Å². The first-order valence-electron chi connectivity index (χ1n) is 5.86. The monoisotopic (exact) mass is 282 g/mol. The maximum absolute atomic E-state index is 5.93. The third kappa shape index (κ3) is 2.79. The van der Waals surface area contributed by atoms with Crippen molar-refractivity contribution in [2.24, 2.45) is 0 Å². The van der Waals surface area contributed by atoms with E-state index in [1.165, 1.54) is 5.56 Å². The standard InChI is InChI=1S/C14H19BrO/c1-14(2,3)10-5-4-6-12(7-10)16-13-8-11(15)9-13/h4-7,11,13H,8-9H2,1-3H3. The Hall–Kier alpha value is -0.500. The highest BCUT2D eigenvalue weighted by Crippen LogP contribution is 2.32. The summed E-state index contributed by atoms with van der Waals surface area (Å²) in [6.45, 7) is 6.68. The SMILES string of the molecule is CC(C)(C)c1cccc(OC2CC(Br)C2)c1. The second-order valence-corrected chi connectivity index (χ2v) is 6.88. The van der Waals surface area contributed by atoms with Crippen molar-refractivity contribution in [3.8, 4) is 5.75 Å². The molecular weight excluding hydrogens is 264 g/mol. The van der Waals surface area contributed by atoms with Gasteiger partial charge in [-0.3, -0.25) is 0 Å². The fraction of sp³-hybridized carbons (Fsp3) is 0.571. The van der Waals surface area contributed by atoms with Crippen LogP contribution in [0.5, 0.6) is 5.75 Å². The number of ether oxygens (including phenoxy) is 1. The highest BCUT2D eigenvalue weighted by atomic mass is 79.9. The maximum Gasteiger partial charge on any atom is 0.120 e. The van der Waals surface area contributed by atoms with Crippen molar-refractivity contribution in [3.05, 3.63) is 29.8 Å². The Bertz CT molecular complexity index is 361. The van der Waals surface area contributed by atoms with Gasteiger partial charge in [-0.1, -0.05) is 48.8 Å². The van der Waals surface area contributed by atoms with Crippen LogP contribution in [0.4, 0.5) is 0 Å². The summed E-state index contributed by atoms with van der Waals surface area (Å²) in [5.41, 5.74) is 1.52. The lowest BCUT2D eigenvalue weighted by atomic mass is 9.87. The van der Waals surface area contributed by atoms with Crippen LogP contribution in [0.3, 0.4) is 0 Å². The first-order valence-corrected chi connectivity index (χ1v) is 6.78. The number of benzene rings is 1. The third-order valence-corrected chi connectivity index (χ3v) is 3.79. The Morgan fingerprint density at radius 2 is 1.94 bits per heavy atom. The van der Waals surface area contributed by atoms with Gasteiger partial charge >= 0.3 is 0 Å². The minimum absolute atomic E-state index is 0.191. The van der Waals surface area contributed by atoms with Crippen LogP contribution in [0.2, 0.25) is 0 Å². The van der Waals surface area contributed by atoms with Crippen LogP contribution in [0.1, 0.15) is 39.2 Å². The second kappa shape index (κ2) is 4.40. The van der Waals surface area contributed by atoms with Crippen LogP contribution in [-0.2, 0) is 5.41 Å². The van der Waals surface area contributed by atoms with E-state index in [-0.39, 0.29) is 5.41 Å². The normalized spacial score (nSPS) is 25.0. The zero-order valence-electron chi connectivity index (χ0n) is 10.2. The molecule has 0 atom stereocenters. The van der Waals surface area contributed by atoms with Crippen molar-refractivity contribution < 1.29 is 4.74 Å². The molecular formula is C14H19BrO. The van der Waals surface area contributed by atoms with E-state index in [1.54, 1.807) is 0 Å². The summed E-state index contributed by atoms with van der Waals surface area (Å²) in [5.74, 6) is 1.01. The van der Waals surface area contributed by atoms with Crippen LogP contribution in [-0.4, -0.2) is 10.9 Å². The van der Waals surface area contributed by atoms with Gasteiger partial charge in [0.05, 0.1) is 0 Å². The molecule has 1 aliphatic carbocycles.